The van der Waals surface area contributed by atoms with Crippen molar-refractivity contribution in [1.29, 1.82) is 0 Å². The van der Waals surface area contributed by atoms with Crippen LogP contribution in [0.5, 0.6) is 0 Å². The highest BCUT2D eigenvalue weighted by Crippen LogP contribution is 2.36. The number of carbonyl (C=O) groups is 1. The van der Waals surface area contributed by atoms with Gasteiger partial charge in [0.2, 0.25) is 5.82 Å². The molecule has 0 unspecified atom stereocenters. The molecule has 0 N–H and O–H groups in total. The second-order valence-corrected chi connectivity index (χ2v) is 4.26. The molecule has 126 valence electrons. The zero-order chi connectivity index (χ0) is 17.9. The van der Waals surface area contributed by atoms with E-state index >= 15 is 0 Å². The normalized spacial score (nSPS) is 11.2. The van der Waals surface area contributed by atoms with Gasteiger partial charge in [-0.2, -0.15) is 17.6 Å². The lowest BCUT2D eigenvalue weighted by Crippen LogP contribution is -2.42. The van der Waals surface area contributed by atoms with E-state index in [2.05, 4.69) is 0 Å². The van der Waals surface area contributed by atoms with Gasteiger partial charge in [-0.05, 0) is 6.42 Å². The average Bonchev–Trinajstić information content (AvgIpc) is 2.42. The van der Waals surface area contributed by atoms with E-state index in [1.807, 2.05) is 0 Å². The summed E-state index contributed by atoms with van der Waals surface area (Å²) in [5, 5.41) is 21.6. The Hall–Kier alpha value is -2.79. The topological polar surface area (TPSA) is 107 Å². The molecule has 0 fully saturated rings. The second kappa shape index (κ2) is 6.54. The van der Waals surface area contributed by atoms with Crippen molar-refractivity contribution >= 4 is 23.0 Å². The highest BCUT2D eigenvalue weighted by atomic mass is 19.4. The van der Waals surface area contributed by atoms with Crippen molar-refractivity contribution in [3.05, 3.63) is 38.2 Å². The Labute approximate surface area is 125 Å². The molecule has 0 aliphatic carbocycles. The zero-order valence-corrected chi connectivity index (χ0v) is 11.5. The molecule has 1 amide bonds. The Morgan fingerprint density at radius 3 is 2.09 bits per heavy atom. The van der Waals surface area contributed by atoms with Gasteiger partial charge in [-0.3, -0.25) is 29.9 Å². The molecule has 0 radical (unpaired) electrons. The summed E-state index contributed by atoms with van der Waals surface area (Å²) in [4.78, 5) is 30.5. The minimum atomic E-state index is -5.35. The Morgan fingerprint density at radius 1 is 1.17 bits per heavy atom. The highest BCUT2D eigenvalue weighted by molar-refractivity contribution is 5.99. The summed E-state index contributed by atoms with van der Waals surface area (Å²) in [6, 6.07) is 0.354. The Balaban J connectivity index is 3.62. The molecule has 0 aliphatic heterocycles. The van der Waals surface area contributed by atoms with Crippen molar-refractivity contribution in [3.63, 3.8) is 0 Å². The van der Waals surface area contributed by atoms with Crippen LogP contribution >= 0.6 is 0 Å². The molecule has 0 saturated carbocycles. The van der Waals surface area contributed by atoms with E-state index < -0.39 is 51.4 Å². The Morgan fingerprint density at radius 2 is 1.70 bits per heavy atom. The van der Waals surface area contributed by atoms with Crippen LogP contribution in [0, 0.1) is 26.0 Å². The van der Waals surface area contributed by atoms with E-state index in [4.69, 9.17) is 0 Å². The summed E-state index contributed by atoms with van der Waals surface area (Å²) < 4.78 is 51.3. The second-order valence-electron chi connectivity index (χ2n) is 4.26. The maximum absolute atomic E-state index is 13.5. The lowest BCUT2D eigenvalue weighted by atomic mass is 10.2. The minimum absolute atomic E-state index is 0.0232. The van der Waals surface area contributed by atoms with Gasteiger partial charge < -0.3 is 0 Å². The van der Waals surface area contributed by atoms with E-state index in [-0.39, 0.29) is 23.5 Å². The summed E-state index contributed by atoms with van der Waals surface area (Å²) in [6.07, 6.45) is -5.38. The van der Waals surface area contributed by atoms with Gasteiger partial charge in [0.15, 0.2) is 0 Å². The molecule has 1 rings (SSSR count). The fourth-order valence-electron chi connectivity index (χ4n) is 1.75. The average molecular weight is 339 g/mol. The first kappa shape index (κ1) is 18.3. The third-order valence-corrected chi connectivity index (χ3v) is 2.66. The van der Waals surface area contributed by atoms with Gasteiger partial charge in [0, 0.05) is 6.54 Å². The van der Waals surface area contributed by atoms with Gasteiger partial charge in [0.05, 0.1) is 22.0 Å². The maximum Gasteiger partial charge on any atom is 0.471 e. The number of nitro benzene ring substituents is 2. The number of halogens is 4. The molecule has 1 aromatic carbocycles. The molecule has 0 aromatic heterocycles. The summed E-state index contributed by atoms with van der Waals surface area (Å²) >= 11 is 0. The van der Waals surface area contributed by atoms with Gasteiger partial charge in [-0.1, -0.05) is 6.92 Å². The van der Waals surface area contributed by atoms with Crippen LogP contribution in [0.3, 0.4) is 0 Å². The van der Waals surface area contributed by atoms with Crippen molar-refractivity contribution in [3.8, 4) is 0 Å². The third-order valence-electron chi connectivity index (χ3n) is 2.66. The summed E-state index contributed by atoms with van der Waals surface area (Å²) in [5.74, 6) is -4.04. The molecule has 0 atom stereocenters. The van der Waals surface area contributed by atoms with Crippen LogP contribution in [0.4, 0.5) is 34.6 Å². The molecular formula is C11H9F4N3O5. The van der Waals surface area contributed by atoms with Crippen LogP contribution in [0.2, 0.25) is 0 Å². The SMILES string of the molecule is CCCN(C(=O)C(F)(F)F)c1cc([N+](=O)[O-])c(F)cc1[N+](=O)[O-]. The quantitative estimate of drug-likeness (QED) is 0.466. The first-order valence-electron chi connectivity index (χ1n) is 6.01. The molecule has 0 aliphatic rings. The van der Waals surface area contributed by atoms with Crippen molar-refractivity contribution in [1.82, 2.24) is 0 Å². The third kappa shape index (κ3) is 3.90. The lowest BCUT2D eigenvalue weighted by Gasteiger charge is -2.22. The van der Waals surface area contributed by atoms with Crippen LogP contribution in [-0.2, 0) is 4.79 Å². The number of hydrogen-bond acceptors (Lipinski definition) is 5. The van der Waals surface area contributed by atoms with Gasteiger partial charge in [0.1, 0.15) is 5.69 Å². The minimum Gasteiger partial charge on any atom is -0.298 e. The predicted octanol–water partition coefficient (Wildman–Crippen LogP) is 2.95. The Bertz CT molecular complexity index is 662. The number of nitro groups is 2. The molecule has 23 heavy (non-hydrogen) atoms. The van der Waals surface area contributed by atoms with Gasteiger partial charge in [-0.15, -0.1) is 0 Å². The number of nitrogens with zero attached hydrogens (tertiary/aromatic N) is 3. The molecule has 0 spiro atoms. The van der Waals surface area contributed by atoms with Crippen LogP contribution in [0.1, 0.15) is 13.3 Å². The summed E-state index contributed by atoms with van der Waals surface area (Å²) in [7, 11) is 0. The highest BCUT2D eigenvalue weighted by Gasteiger charge is 2.45. The monoisotopic (exact) mass is 339 g/mol. The summed E-state index contributed by atoms with van der Waals surface area (Å²) in [5.41, 5.74) is -3.45. The fraction of sp³-hybridized carbons (Fsp3) is 0.364. The van der Waals surface area contributed by atoms with E-state index in [9.17, 15) is 42.6 Å². The first-order valence-corrected chi connectivity index (χ1v) is 6.01. The number of hydrogen-bond donors (Lipinski definition) is 0. The van der Waals surface area contributed by atoms with Gasteiger partial charge in [-0.25, -0.2) is 0 Å². The van der Waals surface area contributed by atoms with Crippen molar-refractivity contribution < 1.29 is 32.2 Å². The largest absolute Gasteiger partial charge is 0.471 e. The van der Waals surface area contributed by atoms with E-state index in [1.54, 1.807) is 0 Å². The standard InChI is InChI=1S/C11H9F4N3O5/c1-2-3-16(10(19)11(13,14)15)8-5-7(17(20)21)6(12)4-9(8)18(22)23/h4-5H,2-3H2,1H3. The molecule has 0 saturated heterocycles. The van der Waals surface area contributed by atoms with E-state index in [0.29, 0.717) is 0 Å². The van der Waals surface area contributed by atoms with Crippen molar-refractivity contribution in [2.75, 3.05) is 11.4 Å². The van der Waals surface area contributed by atoms with Crippen LogP contribution in [0.15, 0.2) is 12.1 Å². The van der Waals surface area contributed by atoms with Crippen LogP contribution < -0.4 is 4.90 Å². The Kier molecular flexibility index (Phi) is 5.19. The van der Waals surface area contributed by atoms with Crippen molar-refractivity contribution in [2.45, 2.75) is 19.5 Å². The molecule has 0 bridgehead atoms. The first-order chi connectivity index (χ1) is 10.5. The number of carbonyl (C=O) groups excluding carboxylic acids is 1. The molecule has 12 heteroatoms. The van der Waals surface area contributed by atoms with Crippen molar-refractivity contribution in [2.24, 2.45) is 0 Å². The molecule has 0 heterocycles. The van der Waals surface area contributed by atoms with Crippen LogP contribution in [-0.4, -0.2) is 28.5 Å². The maximum atomic E-state index is 13.5. The smallest absolute Gasteiger partial charge is 0.298 e. The molecule has 1 aromatic rings. The predicted molar refractivity (Wildman–Crippen MR) is 68.4 cm³/mol. The van der Waals surface area contributed by atoms with Crippen LogP contribution in [0.25, 0.3) is 0 Å². The molecule has 8 nitrogen and oxygen atoms in total. The number of anilines is 1. The number of alkyl halides is 3. The fourth-order valence-corrected chi connectivity index (χ4v) is 1.75. The number of rotatable bonds is 5. The summed E-state index contributed by atoms with van der Waals surface area (Å²) in [6.45, 7) is 0.794. The zero-order valence-electron chi connectivity index (χ0n) is 11.5. The van der Waals surface area contributed by atoms with Gasteiger partial charge in [0.25, 0.3) is 5.69 Å². The number of benzene rings is 1. The lowest BCUT2D eigenvalue weighted by molar-refractivity contribution is -0.390. The van der Waals surface area contributed by atoms with E-state index in [1.165, 1.54) is 6.92 Å². The number of amides is 1. The molecular weight excluding hydrogens is 330 g/mol. The van der Waals surface area contributed by atoms with E-state index in [0.717, 1.165) is 0 Å². The van der Waals surface area contributed by atoms with Gasteiger partial charge >= 0.3 is 17.8 Å².